The number of ether oxygens (including phenoxy) is 2. The summed E-state index contributed by atoms with van der Waals surface area (Å²) in [5.41, 5.74) is -0.630. The Bertz CT molecular complexity index is 1050. The van der Waals surface area contributed by atoms with Crippen LogP contribution in [0, 0.1) is 12.5 Å². The monoisotopic (exact) mass is 433 g/mol. The van der Waals surface area contributed by atoms with E-state index < -0.39 is 47.8 Å². The maximum Gasteiger partial charge on any atom is 0.416 e. The van der Waals surface area contributed by atoms with Crippen LogP contribution in [0.3, 0.4) is 0 Å². The van der Waals surface area contributed by atoms with E-state index in [4.69, 9.17) is 16.0 Å². The van der Waals surface area contributed by atoms with Crippen molar-refractivity contribution in [3.05, 3.63) is 59.1 Å². The summed E-state index contributed by atoms with van der Waals surface area (Å²) in [6, 6.07) is 5.89. The zero-order chi connectivity index (χ0) is 22.3. The molecular formula is C21H18F3N3O4. The predicted molar refractivity (Wildman–Crippen MR) is 103 cm³/mol. The first-order valence-corrected chi connectivity index (χ1v) is 9.46. The Morgan fingerprint density at radius 2 is 2.13 bits per heavy atom. The molecule has 1 amide bonds. The number of anilines is 1. The summed E-state index contributed by atoms with van der Waals surface area (Å²) in [4.78, 5) is 20.4. The average molecular weight is 433 g/mol. The van der Waals surface area contributed by atoms with Crippen LogP contribution in [0.2, 0.25) is 0 Å². The molecule has 0 aliphatic carbocycles. The van der Waals surface area contributed by atoms with Crippen LogP contribution in [-0.2, 0) is 15.7 Å². The molecule has 2 aromatic rings. The normalized spacial score (nSPS) is 27.0. The highest BCUT2D eigenvalue weighted by molar-refractivity contribution is 5.97. The second kappa shape index (κ2) is 7.83. The van der Waals surface area contributed by atoms with E-state index in [1.165, 1.54) is 13.3 Å². The molecule has 162 valence electrons. The molecule has 1 aromatic carbocycles. The number of halogens is 3. The summed E-state index contributed by atoms with van der Waals surface area (Å²) in [5.74, 6) is -1.58. The molecule has 1 aromatic heterocycles. The van der Waals surface area contributed by atoms with Gasteiger partial charge in [-0.3, -0.25) is 4.79 Å². The Morgan fingerprint density at radius 1 is 1.35 bits per heavy atom. The number of nitrogens with zero attached hydrogens (tertiary/aromatic N) is 2. The van der Waals surface area contributed by atoms with Gasteiger partial charge < -0.3 is 19.9 Å². The Hall–Kier alpha value is -3.16. The summed E-state index contributed by atoms with van der Waals surface area (Å²) in [7, 11) is 1.45. The molecule has 4 rings (SSSR count). The molecule has 0 spiro atoms. The number of aliphatic hydroxyl groups excluding tert-OH is 1. The van der Waals surface area contributed by atoms with Gasteiger partial charge in [-0.1, -0.05) is 12.1 Å². The fourth-order valence-electron chi connectivity index (χ4n) is 4.31. The smallest absolute Gasteiger partial charge is 0.416 e. The summed E-state index contributed by atoms with van der Waals surface area (Å²) in [5, 5.41) is 12.8. The zero-order valence-corrected chi connectivity index (χ0v) is 16.3. The third-order valence-electron chi connectivity index (χ3n) is 5.68. The molecule has 2 N–H and O–H groups in total. The number of nitrogens with one attached hydrogen (secondary N) is 1. The SMILES string of the molecule is [C-]#[N+]c1ccc(C(F)(F)F)cc1NC(=O)[C@H]1[C@H](c2ccnc(OC)c2)[C@@H]2O[C@H]1C[C@H]2O. The van der Waals surface area contributed by atoms with Crippen molar-refractivity contribution in [2.75, 3.05) is 12.4 Å². The topological polar surface area (TPSA) is 85.0 Å². The minimum atomic E-state index is -4.62. The second-order valence-electron chi connectivity index (χ2n) is 7.46. The lowest BCUT2D eigenvalue weighted by Gasteiger charge is -2.30. The number of fused-ring (bicyclic) bond motifs is 2. The van der Waals surface area contributed by atoms with E-state index in [1.807, 2.05) is 0 Å². The lowest BCUT2D eigenvalue weighted by Crippen LogP contribution is -2.41. The fourth-order valence-corrected chi connectivity index (χ4v) is 4.31. The lowest BCUT2D eigenvalue weighted by molar-refractivity contribution is -0.137. The standard InChI is InChI=1S/C21H18F3N3O4/c1-25-12-4-3-11(21(22,23)24)8-13(12)27-20(29)18-15-9-14(28)19(31-15)17(18)10-5-6-26-16(7-10)30-2/h3-8,14-15,17-19,28H,9H2,2H3,(H,27,29)/t14-,15+,17+,18-,19-/m1/s1. The Morgan fingerprint density at radius 3 is 2.81 bits per heavy atom. The van der Waals surface area contributed by atoms with E-state index in [1.54, 1.807) is 12.1 Å². The molecule has 0 radical (unpaired) electrons. The number of rotatable bonds is 4. The minimum absolute atomic E-state index is 0.104. The highest BCUT2D eigenvalue weighted by Crippen LogP contribution is 2.50. The third-order valence-corrected chi connectivity index (χ3v) is 5.68. The van der Waals surface area contributed by atoms with Gasteiger partial charge in [-0.25, -0.2) is 9.83 Å². The van der Waals surface area contributed by atoms with E-state index in [-0.39, 0.29) is 17.8 Å². The van der Waals surface area contributed by atoms with Crippen LogP contribution in [0.15, 0.2) is 36.5 Å². The summed E-state index contributed by atoms with van der Waals surface area (Å²) in [6.45, 7) is 7.21. The number of methoxy groups -OCH3 is 1. The molecule has 0 unspecified atom stereocenters. The van der Waals surface area contributed by atoms with Crippen LogP contribution in [0.25, 0.3) is 4.85 Å². The van der Waals surface area contributed by atoms with Crippen LogP contribution in [0.1, 0.15) is 23.5 Å². The highest BCUT2D eigenvalue weighted by Gasteiger charge is 2.57. The number of alkyl halides is 3. The highest BCUT2D eigenvalue weighted by atomic mass is 19.4. The average Bonchev–Trinajstić information content (AvgIpc) is 3.30. The molecule has 5 atom stereocenters. The van der Waals surface area contributed by atoms with Crippen molar-refractivity contribution in [2.45, 2.75) is 36.8 Å². The van der Waals surface area contributed by atoms with Crippen molar-refractivity contribution in [3.8, 4) is 5.88 Å². The van der Waals surface area contributed by atoms with Crippen LogP contribution >= 0.6 is 0 Å². The number of hydrogen-bond acceptors (Lipinski definition) is 5. The lowest BCUT2D eigenvalue weighted by atomic mass is 9.74. The molecule has 2 aliphatic heterocycles. The van der Waals surface area contributed by atoms with Crippen molar-refractivity contribution in [1.82, 2.24) is 4.98 Å². The first-order chi connectivity index (χ1) is 14.7. The van der Waals surface area contributed by atoms with Gasteiger partial charge in [-0.05, 0) is 17.7 Å². The van der Waals surface area contributed by atoms with E-state index in [0.29, 0.717) is 11.4 Å². The summed E-state index contributed by atoms with van der Waals surface area (Å²) < 4.78 is 50.3. The molecule has 2 saturated heterocycles. The zero-order valence-electron chi connectivity index (χ0n) is 16.3. The number of carbonyl (C=O) groups is 1. The molecule has 31 heavy (non-hydrogen) atoms. The molecule has 2 fully saturated rings. The van der Waals surface area contributed by atoms with Gasteiger partial charge in [0.1, 0.15) is 0 Å². The van der Waals surface area contributed by atoms with Gasteiger partial charge in [-0.2, -0.15) is 13.2 Å². The maximum absolute atomic E-state index is 13.2. The fraction of sp³-hybridized carbons (Fsp3) is 0.381. The Labute approximate surface area is 175 Å². The van der Waals surface area contributed by atoms with Crippen LogP contribution in [0.5, 0.6) is 5.88 Å². The molecule has 10 heteroatoms. The van der Waals surface area contributed by atoms with Crippen molar-refractivity contribution in [2.24, 2.45) is 5.92 Å². The number of carbonyl (C=O) groups excluding carboxylic acids is 1. The van der Waals surface area contributed by atoms with E-state index >= 15 is 0 Å². The number of amides is 1. The predicted octanol–water partition coefficient (Wildman–Crippen LogP) is 3.53. The van der Waals surface area contributed by atoms with E-state index in [9.17, 15) is 23.1 Å². The van der Waals surface area contributed by atoms with Crippen molar-refractivity contribution >= 4 is 17.3 Å². The number of pyridine rings is 1. The van der Waals surface area contributed by atoms with Gasteiger partial charge in [0.15, 0.2) is 0 Å². The molecule has 2 aliphatic rings. The number of benzene rings is 1. The van der Waals surface area contributed by atoms with E-state index in [0.717, 1.165) is 18.2 Å². The van der Waals surface area contributed by atoms with Crippen LogP contribution in [-0.4, -0.2) is 41.4 Å². The molecule has 7 nitrogen and oxygen atoms in total. The van der Waals surface area contributed by atoms with Gasteiger partial charge in [-0.15, -0.1) is 0 Å². The quantitative estimate of drug-likeness (QED) is 0.721. The Kier molecular flexibility index (Phi) is 5.33. The minimum Gasteiger partial charge on any atom is -0.481 e. The molecule has 3 heterocycles. The van der Waals surface area contributed by atoms with Gasteiger partial charge in [0.25, 0.3) is 0 Å². The maximum atomic E-state index is 13.2. The number of aromatic nitrogens is 1. The first-order valence-electron chi connectivity index (χ1n) is 9.46. The van der Waals surface area contributed by atoms with E-state index in [2.05, 4.69) is 15.1 Å². The van der Waals surface area contributed by atoms with Crippen LogP contribution in [0.4, 0.5) is 24.5 Å². The molecular weight excluding hydrogens is 415 g/mol. The van der Waals surface area contributed by atoms with Gasteiger partial charge in [0, 0.05) is 30.3 Å². The molecule has 0 saturated carbocycles. The summed E-state index contributed by atoms with van der Waals surface area (Å²) >= 11 is 0. The van der Waals surface area contributed by atoms with Gasteiger partial charge in [0.2, 0.25) is 17.5 Å². The van der Waals surface area contributed by atoms with Gasteiger partial charge >= 0.3 is 6.18 Å². The number of hydrogen-bond donors (Lipinski definition) is 2. The largest absolute Gasteiger partial charge is 0.481 e. The third kappa shape index (κ3) is 3.82. The Balaban J connectivity index is 1.67. The van der Waals surface area contributed by atoms with Crippen molar-refractivity contribution < 1.29 is 32.5 Å². The first kappa shape index (κ1) is 21.1. The number of aliphatic hydroxyl groups is 1. The summed E-state index contributed by atoms with van der Waals surface area (Å²) in [6.07, 6.45) is -4.90. The van der Waals surface area contributed by atoms with Gasteiger partial charge in [0.05, 0.1) is 43.5 Å². The van der Waals surface area contributed by atoms with Crippen molar-refractivity contribution in [3.63, 3.8) is 0 Å². The second-order valence-corrected chi connectivity index (χ2v) is 7.46. The van der Waals surface area contributed by atoms with Crippen LogP contribution < -0.4 is 10.1 Å². The molecule has 2 bridgehead atoms. The van der Waals surface area contributed by atoms with Crippen molar-refractivity contribution in [1.29, 1.82) is 0 Å².